The van der Waals surface area contributed by atoms with Crippen LogP contribution < -0.4 is 0 Å². The van der Waals surface area contributed by atoms with E-state index in [4.69, 9.17) is 0 Å². The average Bonchev–Trinajstić information content (AvgIpc) is 2.69. The van der Waals surface area contributed by atoms with Crippen molar-refractivity contribution in [2.75, 3.05) is 44.8 Å². The number of benzene rings is 1. The highest BCUT2D eigenvalue weighted by molar-refractivity contribution is 7.99. The molecule has 0 atom stereocenters. The highest BCUT2D eigenvalue weighted by atomic mass is 32.2. The molecular formula is C18H21F3N2O4S. The Morgan fingerprint density at radius 2 is 1.68 bits per heavy atom. The molecule has 1 heterocycles. The van der Waals surface area contributed by atoms with Crippen molar-refractivity contribution in [3.05, 3.63) is 35.4 Å². The lowest BCUT2D eigenvalue weighted by Crippen LogP contribution is -2.50. The molecule has 10 heteroatoms. The second-order valence-corrected chi connectivity index (χ2v) is 7.20. The van der Waals surface area contributed by atoms with E-state index < -0.39 is 17.6 Å². The first-order chi connectivity index (χ1) is 13.2. The molecule has 0 unspecified atom stereocenters. The SMILES string of the molecule is COC(=O)CSCCC(=O)N1CCN(C(=O)c2ccccc2C(F)(F)F)CC1. The minimum Gasteiger partial charge on any atom is -0.468 e. The number of carbonyl (C=O) groups is 3. The summed E-state index contributed by atoms with van der Waals surface area (Å²) in [6, 6.07) is 4.70. The molecule has 1 aromatic rings. The number of alkyl halides is 3. The van der Waals surface area contributed by atoms with Crippen LogP contribution in [0.25, 0.3) is 0 Å². The van der Waals surface area contributed by atoms with E-state index in [-0.39, 0.29) is 55.8 Å². The van der Waals surface area contributed by atoms with E-state index in [1.807, 2.05) is 0 Å². The maximum atomic E-state index is 13.1. The van der Waals surface area contributed by atoms with E-state index in [9.17, 15) is 27.6 Å². The van der Waals surface area contributed by atoms with E-state index in [0.717, 1.165) is 6.07 Å². The zero-order valence-electron chi connectivity index (χ0n) is 15.3. The quantitative estimate of drug-likeness (QED) is 0.524. The predicted molar refractivity (Wildman–Crippen MR) is 97.9 cm³/mol. The predicted octanol–water partition coefficient (Wildman–Crippen LogP) is 2.29. The number of hydrogen-bond acceptors (Lipinski definition) is 5. The second-order valence-electron chi connectivity index (χ2n) is 6.10. The number of carbonyl (C=O) groups excluding carboxylic acids is 3. The van der Waals surface area contributed by atoms with Crippen LogP contribution in [0.3, 0.4) is 0 Å². The first-order valence-corrected chi connectivity index (χ1v) is 9.77. The van der Waals surface area contributed by atoms with Gasteiger partial charge in [-0.2, -0.15) is 13.2 Å². The summed E-state index contributed by atoms with van der Waals surface area (Å²) in [5, 5.41) is 0. The van der Waals surface area contributed by atoms with Crippen LogP contribution in [0.15, 0.2) is 24.3 Å². The third kappa shape index (κ3) is 5.88. The van der Waals surface area contributed by atoms with Gasteiger partial charge in [-0.05, 0) is 12.1 Å². The molecule has 1 saturated heterocycles. The molecule has 154 valence electrons. The molecule has 0 spiro atoms. The fourth-order valence-corrected chi connectivity index (χ4v) is 3.53. The topological polar surface area (TPSA) is 66.9 Å². The standard InChI is InChI=1S/C18H21F3N2O4S/c1-27-16(25)12-28-11-6-15(24)22-7-9-23(10-8-22)17(26)13-4-2-3-5-14(13)18(19,20)21/h2-5H,6-12H2,1H3. The van der Waals surface area contributed by atoms with Crippen molar-refractivity contribution in [1.82, 2.24) is 9.80 Å². The molecule has 6 nitrogen and oxygen atoms in total. The molecule has 28 heavy (non-hydrogen) atoms. The molecular weight excluding hydrogens is 397 g/mol. The number of amides is 2. The van der Waals surface area contributed by atoms with Crippen LogP contribution in [0.4, 0.5) is 13.2 Å². The monoisotopic (exact) mass is 418 g/mol. The van der Waals surface area contributed by atoms with Crippen molar-refractivity contribution >= 4 is 29.5 Å². The highest BCUT2D eigenvalue weighted by Gasteiger charge is 2.36. The average molecular weight is 418 g/mol. The lowest BCUT2D eigenvalue weighted by Gasteiger charge is -2.35. The summed E-state index contributed by atoms with van der Waals surface area (Å²) >= 11 is 1.29. The molecule has 2 amide bonds. The lowest BCUT2D eigenvalue weighted by atomic mass is 10.1. The van der Waals surface area contributed by atoms with Crippen molar-refractivity contribution in [3.8, 4) is 0 Å². The molecule has 0 saturated carbocycles. The van der Waals surface area contributed by atoms with Gasteiger partial charge in [-0.25, -0.2) is 0 Å². The van der Waals surface area contributed by atoms with Gasteiger partial charge in [0.1, 0.15) is 0 Å². The number of ether oxygens (including phenoxy) is 1. The van der Waals surface area contributed by atoms with Gasteiger partial charge >= 0.3 is 12.1 Å². The van der Waals surface area contributed by atoms with Crippen LogP contribution in [0.2, 0.25) is 0 Å². The van der Waals surface area contributed by atoms with Crippen molar-refractivity contribution in [2.45, 2.75) is 12.6 Å². The summed E-state index contributed by atoms with van der Waals surface area (Å²) in [5.41, 5.74) is -1.34. The summed E-state index contributed by atoms with van der Waals surface area (Å²) < 4.78 is 43.8. The number of thioether (sulfide) groups is 1. The Kier molecular flexibility index (Phi) is 7.73. The number of piperazine rings is 1. The van der Waals surface area contributed by atoms with Crippen LogP contribution in [0, 0.1) is 0 Å². The van der Waals surface area contributed by atoms with Gasteiger partial charge in [-0.1, -0.05) is 12.1 Å². The zero-order valence-corrected chi connectivity index (χ0v) is 16.1. The van der Waals surface area contributed by atoms with E-state index in [2.05, 4.69) is 4.74 Å². The van der Waals surface area contributed by atoms with Gasteiger partial charge in [0.15, 0.2) is 0 Å². The Balaban J connectivity index is 1.86. The second kappa shape index (κ2) is 9.81. The summed E-state index contributed by atoms with van der Waals surface area (Å²) in [6.07, 6.45) is -4.36. The summed E-state index contributed by atoms with van der Waals surface area (Å²) in [6.45, 7) is 0.874. The molecule has 1 fully saturated rings. The number of rotatable bonds is 6. The number of hydrogen-bond donors (Lipinski definition) is 0. The normalized spacial score (nSPS) is 14.7. The van der Waals surface area contributed by atoms with Gasteiger partial charge in [-0.3, -0.25) is 14.4 Å². The van der Waals surface area contributed by atoms with E-state index >= 15 is 0 Å². The number of nitrogens with zero attached hydrogens (tertiary/aromatic N) is 2. The molecule has 2 rings (SSSR count). The molecule has 0 aromatic heterocycles. The first-order valence-electron chi connectivity index (χ1n) is 8.62. The van der Waals surface area contributed by atoms with Gasteiger partial charge in [0.2, 0.25) is 5.91 Å². The maximum absolute atomic E-state index is 13.1. The van der Waals surface area contributed by atoms with Crippen LogP contribution in [0.5, 0.6) is 0 Å². The Morgan fingerprint density at radius 1 is 1.07 bits per heavy atom. The zero-order chi connectivity index (χ0) is 20.7. The smallest absolute Gasteiger partial charge is 0.417 e. The first kappa shape index (κ1) is 22.1. The molecule has 0 radical (unpaired) electrons. The lowest BCUT2D eigenvalue weighted by molar-refractivity contribution is -0.138. The van der Waals surface area contributed by atoms with Gasteiger partial charge in [0, 0.05) is 38.4 Å². The Morgan fingerprint density at radius 3 is 2.29 bits per heavy atom. The third-order valence-electron chi connectivity index (χ3n) is 4.29. The van der Waals surface area contributed by atoms with Gasteiger partial charge < -0.3 is 14.5 Å². The van der Waals surface area contributed by atoms with Crippen molar-refractivity contribution in [1.29, 1.82) is 0 Å². The molecule has 0 aliphatic carbocycles. The summed E-state index contributed by atoms with van der Waals surface area (Å²) in [4.78, 5) is 38.6. The van der Waals surface area contributed by atoms with E-state index in [1.165, 1.54) is 42.0 Å². The van der Waals surface area contributed by atoms with Gasteiger partial charge in [0.05, 0.1) is 24.0 Å². The van der Waals surface area contributed by atoms with Crippen LogP contribution >= 0.6 is 11.8 Å². The fraction of sp³-hybridized carbons (Fsp3) is 0.500. The third-order valence-corrected chi connectivity index (χ3v) is 5.22. The molecule has 1 aromatic carbocycles. The summed E-state index contributed by atoms with van der Waals surface area (Å²) in [5.74, 6) is -0.519. The largest absolute Gasteiger partial charge is 0.468 e. The van der Waals surface area contributed by atoms with E-state index in [1.54, 1.807) is 4.90 Å². The van der Waals surface area contributed by atoms with Crippen LogP contribution in [0.1, 0.15) is 22.3 Å². The van der Waals surface area contributed by atoms with E-state index in [0.29, 0.717) is 5.75 Å². The van der Waals surface area contributed by atoms with Crippen molar-refractivity contribution in [2.24, 2.45) is 0 Å². The van der Waals surface area contributed by atoms with Crippen LogP contribution in [-0.2, 0) is 20.5 Å². The van der Waals surface area contributed by atoms with Gasteiger partial charge in [0.25, 0.3) is 5.91 Å². The Labute approximate surface area is 165 Å². The van der Waals surface area contributed by atoms with Crippen molar-refractivity contribution in [3.63, 3.8) is 0 Å². The molecule has 1 aliphatic heterocycles. The fourth-order valence-electron chi connectivity index (χ4n) is 2.78. The molecule has 0 bridgehead atoms. The molecule has 0 N–H and O–H groups in total. The highest BCUT2D eigenvalue weighted by Crippen LogP contribution is 2.32. The maximum Gasteiger partial charge on any atom is 0.417 e. The number of halogens is 3. The number of esters is 1. The Hall–Kier alpha value is -2.23. The van der Waals surface area contributed by atoms with Crippen molar-refractivity contribution < 1.29 is 32.3 Å². The van der Waals surface area contributed by atoms with Crippen LogP contribution in [-0.4, -0.2) is 72.4 Å². The van der Waals surface area contributed by atoms with Gasteiger partial charge in [-0.15, -0.1) is 11.8 Å². The minimum atomic E-state index is -4.61. The Bertz CT molecular complexity index is 719. The minimum absolute atomic E-state index is 0.111. The number of methoxy groups -OCH3 is 1. The molecule has 1 aliphatic rings. The summed E-state index contributed by atoms with van der Waals surface area (Å²) in [7, 11) is 1.29.